The Bertz CT molecular complexity index is 592. The predicted octanol–water partition coefficient (Wildman–Crippen LogP) is 2.46. The molecule has 0 aromatic carbocycles. The van der Waals surface area contributed by atoms with Gasteiger partial charge in [-0.1, -0.05) is 44.9 Å². The van der Waals surface area contributed by atoms with Crippen molar-refractivity contribution in [1.29, 1.82) is 0 Å². The zero-order valence-corrected chi connectivity index (χ0v) is 16.7. The van der Waals surface area contributed by atoms with E-state index in [1.54, 1.807) is 0 Å². The lowest BCUT2D eigenvalue weighted by Gasteiger charge is -2.11. The molecular formula is C18H30ClN7O. The first-order valence-corrected chi connectivity index (χ1v) is 9.96. The van der Waals surface area contributed by atoms with Crippen LogP contribution in [0.15, 0.2) is 0 Å². The molecule has 9 heteroatoms. The molecule has 1 aromatic rings. The van der Waals surface area contributed by atoms with E-state index in [2.05, 4.69) is 49.1 Å². The fraction of sp³-hybridized carbons (Fsp3) is 0.667. The Labute approximate surface area is 166 Å². The third kappa shape index (κ3) is 11.1. The van der Waals surface area contributed by atoms with Crippen LogP contribution in [-0.4, -0.2) is 52.9 Å². The number of carbonyl (C=O) groups excluding carboxylic acids is 1. The Kier molecular flexibility index (Phi) is 12.5. The van der Waals surface area contributed by atoms with Crippen molar-refractivity contribution in [3.63, 3.8) is 0 Å². The zero-order valence-electron chi connectivity index (χ0n) is 16.0. The Hall–Kier alpha value is -2.27. The summed E-state index contributed by atoms with van der Waals surface area (Å²) in [6, 6.07) is 0. The van der Waals surface area contributed by atoms with Crippen LogP contribution >= 0.6 is 11.6 Å². The summed E-state index contributed by atoms with van der Waals surface area (Å²) in [6.45, 7) is 4.23. The van der Waals surface area contributed by atoms with E-state index in [9.17, 15) is 4.79 Å². The largest absolute Gasteiger partial charge is 0.354 e. The van der Waals surface area contributed by atoms with Gasteiger partial charge in [0.2, 0.25) is 23.8 Å². The van der Waals surface area contributed by atoms with Gasteiger partial charge in [-0.25, -0.2) is 0 Å². The lowest BCUT2D eigenvalue weighted by molar-refractivity contribution is -0.118. The second-order valence-corrected chi connectivity index (χ2v) is 6.24. The van der Waals surface area contributed by atoms with Gasteiger partial charge in [-0.05, 0) is 6.42 Å². The van der Waals surface area contributed by atoms with Gasteiger partial charge in [-0.2, -0.15) is 15.0 Å². The van der Waals surface area contributed by atoms with E-state index in [4.69, 9.17) is 18.0 Å². The number of nitrogens with one attached hydrogen (secondary N) is 4. The standard InChI is InChI=1S/C18H30ClN7O/c1-3-5-6-7-8-9-11-22-17-24-16(21-10-4-2)25-18(26-17)23-13-12-20-15(27)14-19/h2H,3,5-14H2,1H3,(H,20,27)(H3,21,22,23,24,25,26). The second-order valence-electron chi connectivity index (χ2n) is 5.97. The van der Waals surface area contributed by atoms with E-state index in [1.807, 2.05) is 0 Å². The van der Waals surface area contributed by atoms with Gasteiger partial charge < -0.3 is 21.3 Å². The molecule has 0 saturated carbocycles. The number of hydrogen-bond acceptors (Lipinski definition) is 7. The number of hydrogen-bond donors (Lipinski definition) is 4. The van der Waals surface area contributed by atoms with Crippen molar-refractivity contribution in [2.24, 2.45) is 0 Å². The maximum absolute atomic E-state index is 11.1. The molecular weight excluding hydrogens is 366 g/mol. The molecule has 0 radical (unpaired) electrons. The number of amides is 1. The summed E-state index contributed by atoms with van der Waals surface area (Å²) >= 11 is 5.44. The van der Waals surface area contributed by atoms with Gasteiger partial charge >= 0.3 is 0 Å². The molecule has 1 rings (SSSR count). The minimum Gasteiger partial charge on any atom is -0.354 e. The first-order chi connectivity index (χ1) is 13.2. The van der Waals surface area contributed by atoms with Crippen molar-refractivity contribution < 1.29 is 4.79 Å². The SMILES string of the molecule is C#CCNc1nc(NCCCCCCCC)nc(NCCNC(=O)CCl)n1. The van der Waals surface area contributed by atoms with Crippen molar-refractivity contribution in [1.82, 2.24) is 20.3 Å². The van der Waals surface area contributed by atoms with E-state index in [1.165, 1.54) is 32.1 Å². The fourth-order valence-corrected chi connectivity index (χ4v) is 2.37. The molecule has 0 bridgehead atoms. The normalized spacial score (nSPS) is 10.1. The average Bonchev–Trinajstić information content (AvgIpc) is 2.68. The van der Waals surface area contributed by atoms with Gasteiger partial charge in [-0.15, -0.1) is 18.0 Å². The zero-order chi connectivity index (χ0) is 19.7. The smallest absolute Gasteiger partial charge is 0.234 e. The minimum atomic E-state index is -0.216. The predicted molar refractivity (Wildman–Crippen MR) is 111 cm³/mol. The summed E-state index contributed by atoms with van der Waals surface area (Å²) in [5, 5.41) is 11.9. The summed E-state index contributed by atoms with van der Waals surface area (Å²) in [6.07, 6.45) is 12.6. The molecule has 0 fully saturated rings. The summed E-state index contributed by atoms with van der Waals surface area (Å²) < 4.78 is 0. The Morgan fingerprint density at radius 1 is 0.926 bits per heavy atom. The molecule has 1 heterocycles. The number of anilines is 3. The van der Waals surface area contributed by atoms with Crippen LogP contribution in [0, 0.1) is 12.3 Å². The van der Waals surface area contributed by atoms with E-state index in [-0.39, 0.29) is 11.8 Å². The highest BCUT2D eigenvalue weighted by atomic mass is 35.5. The first-order valence-electron chi connectivity index (χ1n) is 9.43. The number of nitrogens with zero attached hydrogens (tertiary/aromatic N) is 3. The van der Waals surface area contributed by atoms with Crippen molar-refractivity contribution >= 4 is 35.4 Å². The van der Waals surface area contributed by atoms with Crippen LogP contribution in [0.3, 0.4) is 0 Å². The Morgan fingerprint density at radius 3 is 2.15 bits per heavy atom. The van der Waals surface area contributed by atoms with Gasteiger partial charge in [0.25, 0.3) is 0 Å². The molecule has 4 N–H and O–H groups in total. The van der Waals surface area contributed by atoms with Gasteiger partial charge in [0.05, 0.1) is 6.54 Å². The van der Waals surface area contributed by atoms with Crippen LogP contribution in [0.5, 0.6) is 0 Å². The second kappa shape index (κ2) is 14.9. The van der Waals surface area contributed by atoms with Gasteiger partial charge in [0, 0.05) is 19.6 Å². The summed E-state index contributed by atoms with van der Waals surface area (Å²) in [7, 11) is 0. The molecule has 0 atom stereocenters. The maximum Gasteiger partial charge on any atom is 0.234 e. The number of rotatable bonds is 15. The lowest BCUT2D eigenvalue weighted by Crippen LogP contribution is -2.29. The van der Waals surface area contributed by atoms with Crippen LogP contribution in [0.1, 0.15) is 45.4 Å². The number of carbonyl (C=O) groups is 1. The summed E-state index contributed by atoms with van der Waals surface area (Å²) in [4.78, 5) is 24.1. The number of halogens is 1. The first kappa shape index (κ1) is 22.8. The topological polar surface area (TPSA) is 104 Å². The molecule has 0 spiro atoms. The third-order valence-corrected chi connectivity index (χ3v) is 3.89. The molecule has 0 unspecified atom stereocenters. The average molecular weight is 396 g/mol. The van der Waals surface area contributed by atoms with Gasteiger partial charge in [0.1, 0.15) is 5.88 Å². The third-order valence-electron chi connectivity index (χ3n) is 3.65. The van der Waals surface area contributed by atoms with Crippen LogP contribution in [0.25, 0.3) is 0 Å². The van der Waals surface area contributed by atoms with E-state index in [0.717, 1.165) is 13.0 Å². The molecule has 1 amide bonds. The van der Waals surface area contributed by atoms with E-state index >= 15 is 0 Å². The van der Waals surface area contributed by atoms with E-state index < -0.39 is 0 Å². The van der Waals surface area contributed by atoms with E-state index in [0.29, 0.717) is 37.5 Å². The Balaban J connectivity index is 2.49. The summed E-state index contributed by atoms with van der Waals surface area (Å²) in [5.74, 6) is 3.52. The maximum atomic E-state index is 11.1. The molecule has 0 aliphatic carbocycles. The van der Waals surface area contributed by atoms with Gasteiger partial charge in [-0.3, -0.25) is 4.79 Å². The molecule has 27 heavy (non-hydrogen) atoms. The number of aromatic nitrogens is 3. The molecule has 1 aromatic heterocycles. The Morgan fingerprint density at radius 2 is 1.52 bits per heavy atom. The fourth-order valence-electron chi connectivity index (χ4n) is 2.27. The number of unbranched alkanes of at least 4 members (excludes halogenated alkanes) is 5. The van der Waals surface area contributed by atoms with Gasteiger partial charge in [0.15, 0.2) is 0 Å². The lowest BCUT2D eigenvalue weighted by atomic mass is 10.1. The molecule has 0 saturated heterocycles. The van der Waals surface area contributed by atoms with Crippen LogP contribution in [0.2, 0.25) is 0 Å². The molecule has 8 nitrogen and oxygen atoms in total. The van der Waals surface area contributed by atoms with Crippen LogP contribution in [-0.2, 0) is 4.79 Å². The van der Waals surface area contributed by atoms with Crippen LogP contribution in [0.4, 0.5) is 17.8 Å². The number of alkyl halides is 1. The molecule has 0 aliphatic rings. The number of terminal acetylenes is 1. The van der Waals surface area contributed by atoms with Crippen molar-refractivity contribution in [3.05, 3.63) is 0 Å². The molecule has 150 valence electrons. The monoisotopic (exact) mass is 395 g/mol. The highest BCUT2D eigenvalue weighted by Crippen LogP contribution is 2.10. The van der Waals surface area contributed by atoms with Crippen molar-refractivity contribution in [2.45, 2.75) is 45.4 Å². The van der Waals surface area contributed by atoms with Crippen molar-refractivity contribution in [2.75, 3.05) is 48.0 Å². The summed E-state index contributed by atoms with van der Waals surface area (Å²) in [5.41, 5.74) is 0. The quantitative estimate of drug-likeness (QED) is 0.205. The highest BCUT2D eigenvalue weighted by Gasteiger charge is 2.06. The highest BCUT2D eigenvalue weighted by molar-refractivity contribution is 6.27. The van der Waals surface area contributed by atoms with Crippen molar-refractivity contribution in [3.8, 4) is 12.3 Å². The molecule has 0 aliphatic heterocycles. The minimum absolute atomic E-state index is 0.0571. The van der Waals surface area contributed by atoms with Crippen LogP contribution < -0.4 is 21.3 Å².